The van der Waals surface area contributed by atoms with Gasteiger partial charge in [-0.1, -0.05) is 23.0 Å². The SMILES string of the molecule is CCn1c(S[C@H](C)C(=O)Nc2cc(C)on2)nnc1-c1cccs1. The number of anilines is 1. The van der Waals surface area contributed by atoms with Crippen LogP contribution in [0.5, 0.6) is 0 Å². The number of hydrogen-bond acceptors (Lipinski definition) is 7. The molecule has 9 heteroatoms. The minimum Gasteiger partial charge on any atom is -0.360 e. The van der Waals surface area contributed by atoms with E-state index in [1.165, 1.54) is 11.8 Å². The first-order valence-corrected chi connectivity index (χ1v) is 9.22. The van der Waals surface area contributed by atoms with E-state index in [4.69, 9.17) is 4.52 Å². The molecule has 0 spiro atoms. The molecule has 1 atom stereocenters. The molecule has 3 rings (SSSR count). The van der Waals surface area contributed by atoms with Crippen LogP contribution in [0, 0.1) is 6.92 Å². The molecule has 3 aromatic rings. The number of thioether (sulfide) groups is 1. The predicted octanol–water partition coefficient (Wildman–Crippen LogP) is 3.44. The van der Waals surface area contributed by atoms with Crippen molar-refractivity contribution in [1.82, 2.24) is 19.9 Å². The van der Waals surface area contributed by atoms with Crippen LogP contribution >= 0.6 is 23.1 Å². The fourth-order valence-electron chi connectivity index (χ4n) is 2.11. The van der Waals surface area contributed by atoms with Gasteiger partial charge >= 0.3 is 0 Å². The van der Waals surface area contributed by atoms with Crippen molar-refractivity contribution in [2.75, 3.05) is 5.32 Å². The minimum atomic E-state index is -0.340. The molecule has 0 radical (unpaired) electrons. The van der Waals surface area contributed by atoms with Gasteiger partial charge in [-0.3, -0.25) is 4.79 Å². The van der Waals surface area contributed by atoms with Gasteiger partial charge in [-0.15, -0.1) is 21.5 Å². The number of amides is 1. The standard InChI is InChI=1S/C15H17N5O2S2/c1-4-20-13(11-6-5-7-23-11)17-18-15(20)24-10(3)14(21)16-12-8-9(2)22-19-12/h5-8,10H,4H2,1-3H3,(H,16,19,21)/t10-/m1/s1. The number of nitrogens with zero attached hydrogens (tertiary/aromatic N) is 4. The Balaban J connectivity index is 1.72. The highest BCUT2D eigenvalue weighted by Crippen LogP contribution is 2.29. The maximum Gasteiger partial charge on any atom is 0.238 e. The van der Waals surface area contributed by atoms with Crippen molar-refractivity contribution in [3.8, 4) is 10.7 Å². The summed E-state index contributed by atoms with van der Waals surface area (Å²) in [6.07, 6.45) is 0. The van der Waals surface area contributed by atoms with Gasteiger partial charge in [0.05, 0.1) is 10.1 Å². The lowest BCUT2D eigenvalue weighted by atomic mass is 10.4. The van der Waals surface area contributed by atoms with E-state index in [0.717, 1.165) is 22.4 Å². The quantitative estimate of drug-likeness (QED) is 0.675. The molecule has 0 unspecified atom stereocenters. The normalized spacial score (nSPS) is 12.3. The van der Waals surface area contributed by atoms with Crippen LogP contribution in [0.3, 0.4) is 0 Å². The Morgan fingerprint density at radius 2 is 2.33 bits per heavy atom. The molecule has 0 saturated carbocycles. The van der Waals surface area contributed by atoms with Crippen LogP contribution in [-0.4, -0.2) is 31.1 Å². The molecule has 3 heterocycles. The van der Waals surface area contributed by atoms with E-state index < -0.39 is 0 Å². The Kier molecular flexibility index (Phi) is 5.00. The zero-order chi connectivity index (χ0) is 17.1. The van der Waals surface area contributed by atoms with Gasteiger partial charge in [0, 0.05) is 12.6 Å². The molecular formula is C15H17N5O2S2. The van der Waals surface area contributed by atoms with E-state index in [-0.39, 0.29) is 11.2 Å². The van der Waals surface area contributed by atoms with E-state index in [1.807, 2.05) is 35.9 Å². The zero-order valence-electron chi connectivity index (χ0n) is 13.5. The van der Waals surface area contributed by atoms with Crippen molar-refractivity contribution >= 4 is 34.8 Å². The van der Waals surface area contributed by atoms with Gasteiger partial charge in [0.1, 0.15) is 5.76 Å². The first-order valence-electron chi connectivity index (χ1n) is 7.46. The van der Waals surface area contributed by atoms with Crippen molar-refractivity contribution in [3.05, 3.63) is 29.3 Å². The van der Waals surface area contributed by atoms with Gasteiger partial charge in [-0.05, 0) is 32.2 Å². The Morgan fingerprint density at radius 3 is 2.96 bits per heavy atom. The van der Waals surface area contributed by atoms with Crippen LogP contribution in [0.25, 0.3) is 10.7 Å². The summed E-state index contributed by atoms with van der Waals surface area (Å²) >= 11 is 2.99. The molecule has 1 amide bonds. The van der Waals surface area contributed by atoms with Gasteiger partial charge in [0.25, 0.3) is 0 Å². The van der Waals surface area contributed by atoms with Gasteiger partial charge in [0.2, 0.25) is 5.91 Å². The van der Waals surface area contributed by atoms with Crippen LogP contribution in [0.2, 0.25) is 0 Å². The maximum atomic E-state index is 12.3. The number of aryl methyl sites for hydroxylation is 1. The Bertz CT molecular complexity index is 825. The predicted molar refractivity (Wildman–Crippen MR) is 94.2 cm³/mol. The third-order valence-corrected chi connectivity index (χ3v) is 5.25. The summed E-state index contributed by atoms with van der Waals surface area (Å²) in [5, 5.41) is 17.4. The first-order chi connectivity index (χ1) is 11.6. The highest BCUT2D eigenvalue weighted by molar-refractivity contribution is 8.00. The summed E-state index contributed by atoms with van der Waals surface area (Å²) in [6.45, 7) is 6.37. The van der Waals surface area contributed by atoms with Gasteiger partial charge in [-0.2, -0.15) is 0 Å². The van der Waals surface area contributed by atoms with E-state index in [0.29, 0.717) is 11.6 Å². The second-order valence-electron chi connectivity index (χ2n) is 5.10. The van der Waals surface area contributed by atoms with E-state index in [9.17, 15) is 4.79 Å². The second kappa shape index (κ2) is 7.18. The summed E-state index contributed by atoms with van der Waals surface area (Å²) in [7, 11) is 0. The van der Waals surface area contributed by atoms with Crippen molar-refractivity contribution in [1.29, 1.82) is 0 Å². The molecule has 1 N–H and O–H groups in total. The number of rotatable bonds is 6. The molecule has 7 nitrogen and oxygen atoms in total. The summed E-state index contributed by atoms with van der Waals surface area (Å²) in [5.41, 5.74) is 0. The molecule has 0 aromatic carbocycles. The summed E-state index contributed by atoms with van der Waals surface area (Å²) in [5.74, 6) is 1.74. The largest absolute Gasteiger partial charge is 0.360 e. The molecule has 0 bridgehead atoms. The molecule has 0 fully saturated rings. The van der Waals surface area contributed by atoms with Crippen LogP contribution in [0.4, 0.5) is 5.82 Å². The van der Waals surface area contributed by atoms with Gasteiger partial charge in [0.15, 0.2) is 16.8 Å². The number of carbonyl (C=O) groups is 1. The monoisotopic (exact) mass is 363 g/mol. The Morgan fingerprint density at radius 1 is 1.50 bits per heavy atom. The van der Waals surface area contributed by atoms with Crippen LogP contribution in [0.15, 0.2) is 33.3 Å². The number of aromatic nitrogens is 4. The zero-order valence-corrected chi connectivity index (χ0v) is 15.1. The van der Waals surface area contributed by atoms with Crippen LogP contribution in [-0.2, 0) is 11.3 Å². The van der Waals surface area contributed by atoms with Crippen molar-refractivity contribution < 1.29 is 9.32 Å². The van der Waals surface area contributed by atoms with E-state index in [2.05, 4.69) is 20.7 Å². The Labute approximate surface area is 147 Å². The number of thiophene rings is 1. The molecule has 3 aromatic heterocycles. The summed E-state index contributed by atoms with van der Waals surface area (Å²) in [6, 6.07) is 5.68. The fourth-order valence-corrected chi connectivity index (χ4v) is 3.74. The molecule has 0 aliphatic rings. The van der Waals surface area contributed by atoms with Gasteiger partial charge in [-0.25, -0.2) is 0 Å². The number of nitrogens with one attached hydrogen (secondary N) is 1. The smallest absolute Gasteiger partial charge is 0.238 e. The summed E-state index contributed by atoms with van der Waals surface area (Å²) < 4.78 is 6.96. The van der Waals surface area contributed by atoms with E-state index in [1.54, 1.807) is 24.3 Å². The maximum absolute atomic E-state index is 12.3. The topological polar surface area (TPSA) is 85.8 Å². The van der Waals surface area contributed by atoms with Crippen molar-refractivity contribution in [3.63, 3.8) is 0 Å². The molecule has 126 valence electrons. The lowest BCUT2D eigenvalue weighted by molar-refractivity contribution is -0.115. The minimum absolute atomic E-state index is 0.156. The Hall–Kier alpha value is -2.13. The highest BCUT2D eigenvalue weighted by atomic mass is 32.2. The first kappa shape index (κ1) is 16.7. The third-order valence-electron chi connectivity index (χ3n) is 3.31. The number of hydrogen-bond donors (Lipinski definition) is 1. The molecule has 0 saturated heterocycles. The van der Waals surface area contributed by atoms with Crippen molar-refractivity contribution in [2.24, 2.45) is 0 Å². The van der Waals surface area contributed by atoms with E-state index >= 15 is 0 Å². The molecule has 0 aliphatic heterocycles. The summed E-state index contributed by atoms with van der Waals surface area (Å²) in [4.78, 5) is 13.4. The lowest BCUT2D eigenvalue weighted by Gasteiger charge is -2.11. The fraction of sp³-hybridized carbons (Fsp3) is 0.333. The average molecular weight is 363 g/mol. The highest BCUT2D eigenvalue weighted by Gasteiger charge is 2.21. The third kappa shape index (κ3) is 3.51. The average Bonchev–Trinajstić information content (AvgIpc) is 3.27. The second-order valence-corrected chi connectivity index (χ2v) is 7.36. The lowest BCUT2D eigenvalue weighted by Crippen LogP contribution is -2.23. The molecule has 24 heavy (non-hydrogen) atoms. The molecule has 0 aliphatic carbocycles. The van der Waals surface area contributed by atoms with Crippen LogP contribution < -0.4 is 5.32 Å². The van der Waals surface area contributed by atoms with Crippen molar-refractivity contribution in [2.45, 2.75) is 37.7 Å². The van der Waals surface area contributed by atoms with Gasteiger partial charge < -0.3 is 14.4 Å². The number of carbonyl (C=O) groups excluding carboxylic acids is 1. The molecular weight excluding hydrogens is 346 g/mol. The van der Waals surface area contributed by atoms with Crippen LogP contribution in [0.1, 0.15) is 19.6 Å².